The van der Waals surface area contributed by atoms with Gasteiger partial charge in [-0.15, -0.1) is 11.3 Å². The van der Waals surface area contributed by atoms with Crippen molar-refractivity contribution in [2.24, 2.45) is 7.05 Å². The molecule has 30 heavy (non-hydrogen) atoms. The SMILES string of the molecule is Cc1ccc(OCc2nc(C(=O)NNC(=O)c3cn(C)c4ccccc34)cs2)cc1. The minimum atomic E-state index is -0.485. The summed E-state index contributed by atoms with van der Waals surface area (Å²) in [4.78, 5) is 29.1. The summed E-state index contributed by atoms with van der Waals surface area (Å²) < 4.78 is 7.55. The van der Waals surface area contributed by atoms with Crippen molar-refractivity contribution in [2.75, 3.05) is 0 Å². The topological polar surface area (TPSA) is 85.2 Å². The molecule has 2 heterocycles. The van der Waals surface area contributed by atoms with E-state index in [2.05, 4.69) is 15.8 Å². The van der Waals surface area contributed by atoms with Gasteiger partial charge in [-0.1, -0.05) is 35.9 Å². The van der Waals surface area contributed by atoms with Crippen molar-refractivity contribution in [1.29, 1.82) is 0 Å². The number of ether oxygens (including phenoxy) is 1. The summed E-state index contributed by atoms with van der Waals surface area (Å²) in [6, 6.07) is 15.3. The summed E-state index contributed by atoms with van der Waals surface area (Å²) in [6.45, 7) is 2.28. The molecule has 0 saturated carbocycles. The molecule has 7 nitrogen and oxygen atoms in total. The van der Waals surface area contributed by atoms with E-state index in [1.165, 1.54) is 11.3 Å². The second-order valence-corrected chi connectivity index (χ2v) is 7.75. The Labute approximate surface area is 177 Å². The highest BCUT2D eigenvalue weighted by molar-refractivity contribution is 7.09. The number of benzene rings is 2. The second kappa shape index (κ2) is 8.38. The van der Waals surface area contributed by atoms with Gasteiger partial charge in [0.1, 0.15) is 23.1 Å². The maximum atomic E-state index is 12.5. The smallest absolute Gasteiger partial charge is 0.289 e. The molecule has 0 radical (unpaired) electrons. The Morgan fingerprint density at radius 1 is 1.07 bits per heavy atom. The van der Waals surface area contributed by atoms with Crippen molar-refractivity contribution < 1.29 is 14.3 Å². The van der Waals surface area contributed by atoms with Crippen LogP contribution in [0.5, 0.6) is 5.75 Å². The molecule has 0 aliphatic heterocycles. The molecule has 0 aliphatic carbocycles. The Balaban J connectivity index is 1.35. The number of aryl methyl sites for hydroxylation is 2. The molecule has 0 atom stereocenters. The number of aromatic nitrogens is 2. The maximum Gasteiger partial charge on any atom is 0.289 e. The van der Waals surface area contributed by atoms with Crippen LogP contribution in [0.4, 0.5) is 0 Å². The lowest BCUT2D eigenvalue weighted by molar-refractivity contribution is 0.0845. The van der Waals surface area contributed by atoms with Gasteiger partial charge in [-0.3, -0.25) is 20.4 Å². The zero-order valence-electron chi connectivity index (χ0n) is 16.5. The van der Waals surface area contributed by atoms with Crippen molar-refractivity contribution in [3.05, 3.63) is 81.9 Å². The minimum absolute atomic E-state index is 0.223. The molecule has 2 N–H and O–H groups in total. The third kappa shape index (κ3) is 4.18. The predicted molar refractivity (Wildman–Crippen MR) is 115 cm³/mol. The number of amides is 2. The normalized spacial score (nSPS) is 10.7. The predicted octanol–water partition coefficient (Wildman–Crippen LogP) is 3.60. The van der Waals surface area contributed by atoms with Crippen LogP contribution in [0.1, 0.15) is 31.4 Å². The van der Waals surface area contributed by atoms with Gasteiger partial charge in [0, 0.05) is 29.5 Å². The number of nitrogens with zero attached hydrogens (tertiary/aromatic N) is 2. The molecule has 8 heteroatoms. The Bertz CT molecular complexity index is 1210. The quantitative estimate of drug-likeness (QED) is 0.483. The van der Waals surface area contributed by atoms with Crippen molar-refractivity contribution in [2.45, 2.75) is 13.5 Å². The number of hydrogen-bond donors (Lipinski definition) is 2. The zero-order chi connectivity index (χ0) is 21.1. The van der Waals surface area contributed by atoms with Gasteiger partial charge in [0.15, 0.2) is 0 Å². The number of hydrazine groups is 1. The van der Waals surface area contributed by atoms with Gasteiger partial charge in [-0.25, -0.2) is 4.98 Å². The van der Waals surface area contributed by atoms with Gasteiger partial charge in [0.25, 0.3) is 11.8 Å². The minimum Gasteiger partial charge on any atom is -0.486 e. The second-order valence-electron chi connectivity index (χ2n) is 6.81. The summed E-state index contributed by atoms with van der Waals surface area (Å²) in [7, 11) is 1.87. The van der Waals surface area contributed by atoms with E-state index in [1.807, 2.05) is 67.1 Å². The third-order valence-corrected chi connectivity index (χ3v) is 5.42. The van der Waals surface area contributed by atoms with Crippen LogP contribution in [0.15, 0.2) is 60.1 Å². The van der Waals surface area contributed by atoms with E-state index in [0.29, 0.717) is 10.6 Å². The van der Waals surface area contributed by atoms with Gasteiger partial charge in [0.05, 0.1) is 5.56 Å². The van der Waals surface area contributed by atoms with Gasteiger partial charge in [-0.2, -0.15) is 0 Å². The fourth-order valence-corrected chi connectivity index (χ4v) is 3.71. The van der Waals surface area contributed by atoms with Crippen molar-refractivity contribution in [3.63, 3.8) is 0 Å². The highest BCUT2D eigenvalue weighted by Crippen LogP contribution is 2.20. The third-order valence-electron chi connectivity index (χ3n) is 4.60. The first-order chi connectivity index (χ1) is 14.5. The van der Waals surface area contributed by atoms with E-state index in [9.17, 15) is 9.59 Å². The molecule has 2 aromatic heterocycles. The number of carbonyl (C=O) groups excluding carboxylic acids is 2. The van der Waals surface area contributed by atoms with Crippen LogP contribution in [0.2, 0.25) is 0 Å². The number of carbonyl (C=O) groups is 2. The Morgan fingerprint density at radius 3 is 2.60 bits per heavy atom. The van der Waals surface area contributed by atoms with E-state index in [1.54, 1.807) is 11.6 Å². The Kier molecular flexibility index (Phi) is 5.49. The fourth-order valence-electron chi connectivity index (χ4n) is 3.03. The highest BCUT2D eigenvalue weighted by Gasteiger charge is 2.16. The molecule has 4 aromatic rings. The summed E-state index contributed by atoms with van der Waals surface area (Å²) in [5, 5.41) is 3.12. The van der Waals surface area contributed by atoms with Gasteiger partial charge < -0.3 is 9.30 Å². The number of thiazole rings is 1. The standard InChI is InChI=1S/C22H20N4O3S/c1-14-7-9-15(10-8-14)29-12-20-23-18(13-30-20)22(28)25-24-21(27)17-11-26(2)19-6-4-3-5-16(17)19/h3-11,13H,12H2,1-2H3,(H,24,27)(H,25,28). The highest BCUT2D eigenvalue weighted by atomic mass is 32.1. The molecule has 0 fully saturated rings. The maximum absolute atomic E-state index is 12.5. The van der Waals surface area contributed by atoms with Crippen LogP contribution in [-0.2, 0) is 13.7 Å². The molecular weight excluding hydrogens is 400 g/mol. The van der Waals surface area contributed by atoms with E-state index < -0.39 is 11.8 Å². The number of para-hydroxylation sites is 1. The lowest BCUT2D eigenvalue weighted by Gasteiger charge is -2.05. The summed E-state index contributed by atoms with van der Waals surface area (Å²) >= 11 is 1.32. The molecule has 0 bridgehead atoms. The summed E-state index contributed by atoms with van der Waals surface area (Å²) in [5.74, 6) is -0.135. The average molecular weight is 420 g/mol. The molecule has 2 aromatic carbocycles. The van der Waals surface area contributed by atoms with E-state index in [-0.39, 0.29) is 12.3 Å². The van der Waals surface area contributed by atoms with Crippen molar-refractivity contribution >= 4 is 34.1 Å². The van der Waals surface area contributed by atoms with E-state index in [4.69, 9.17) is 4.74 Å². The monoisotopic (exact) mass is 420 g/mol. The van der Waals surface area contributed by atoms with Crippen LogP contribution in [0.25, 0.3) is 10.9 Å². The molecule has 2 amide bonds. The molecule has 0 unspecified atom stereocenters. The number of nitrogens with one attached hydrogen (secondary N) is 2. The first-order valence-corrected chi connectivity index (χ1v) is 10.2. The molecule has 0 aliphatic rings. The lowest BCUT2D eigenvalue weighted by Crippen LogP contribution is -2.41. The van der Waals surface area contributed by atoms with E-state index >= 15 is 0 Å². The first-order valence-electron chi connectivity index (χ1n) is 9.30. The summed E-state index contributed by atoms with van der Waals surface area (Å²) in [5.41, 5.74) is 7.68. The fraction of sp³-hybridized carbons (Fsp3) is 0.136. The van der Waals surface area contributed by atoms with Crippen LogP contribution < -0.4 is 15.6 Å². The number of fused-ring (bicyclic) bond motifs is 1. The molecule has 0 saturated heterocycles. The molecular formula is C22H20N4O3S. The lowest BCUT2D eigenvalue weighted by atomic mass is 10.2. The van der Waals surface area contributed by atoms with Crippen LogP contribution in [-0.4, -0.2) is 21.4 Å². The number of hydrogen-bond acceptors (Lipinski definition) is 5. The zero-order valence-corrected chi connectivity index (χ0v) is 17.3. The Hall–Kier alpha value is -3.65. The van der Waals surface area contributed by atoms with Crippen LogP contribution in [0, 0.1) is 6.92 Å². The van der Waals surface area contributed by atoms with Crippen molar-refractivity contribution in [1.82, 2.24) is 20.4 Å². The van der Waals surface area contributed by atoms with Crippen LogP contribution >= 0.6 is 11.3 Å². The molecule has 4 rings (SSSR count). The van der Waals surface area contributed by atoms with Crippen LogP contribution in [0.3, 0.4) is 0 Å². The van der Waals surface area contributed by atoms with Gasteiger partial charge in [-0.05, 0) is 25.1 Å². The molecule has 0 spiro atoms. The Morgan fingerprint density at radius 2 is 1.80 bits per heavy atom. The largest absolute Gasteiger partial charge is 0.486 e. The van der Waals surface area contributed by atoms with E-state index in [0.717, 1.165) is 22.2 Å². The molecule has 152 valence electrons. The summed E-state index contributed by atoms with van der Waals surface area (Å²) in [6.07, 6.45) is 1.73. The van der Waals surface area contributed by atoms with Gasteiger partial charge >= 0.3 is 0 Å². The van der Waals surface area contributed by atoms with Crippen molar-refractivity contribution in [3.8, 4) is 5.75 Å². The number of rotatable bonds is 5. The first kappa shape index (κ1) is 19.7. The average Bonchev–Trinajstić information content (AvgIpc) is 3.37. The van der Waals surface area contributed by atoms with Gasteiger partial charge in [0.2, 0.25) is 0 Å².